The quantitative estimate of drug-likeness (QED) is 0.560. The fraction of sp³-hybridized carbons (Fsp3) is 0.833. The van der Waals surface area contributed by atoms with Crippen molar-refractivity contribution < 1.29 is 14.6 Å². The molecule has 4 heteroatoms. The van der Waals surface area contributed by atoms with Gasteiger partial charge in [0.2, 0.25) is 0 Å². The second-order valence-electron chi connectivity index (χ2n) is 4.70. The third-order valence-electron chi connectivity index (χ3n) is 3.98. The summed E-state index contributed by atoms with van der Waals surface area (Å²) in [7, 11) is 5.44. The number of nitrogens with zero attached hydrogens (tertiary/aromatic N) is 1. The first-order valence-corrected chi connectivity index (χ1v) is 5.79. The minimum atomic E-state index is -0.225. The largest absolute Gasteiger partial charge is 0.396 e. The van der Waals surface area contributed by atoms with Crippen LogP contribution < -0.4 is 0 Å². The number of hydrogen-bond acceptors (Lipinski definition) is 4. The Kier molecular flexibility index (Phi) is 3.64. The second-order valence-corrected chi connectivity index (χ2v) is 4.70. The number of aliphatic hydroxyl groups is 1. The van der Waals surface area contributed by atoms with E-state index in [4.69, 9.17) is 9.47 Å². The third-order valence-corrected chi connectivity index (χ3v) is 3.98. The van der Waals surface area contributed by atoms with Gasteiger partial charge in [0, 0.05) is 44.7 Å². The fourth-order valence-corrected chi connectivity index (χ4v) is 3.18. The average molecular weight is 227 g/mol. The smallest absolute Gasteiger partial charge is 0.164 e. The number of rotatable bonds is 4. The van der Waals surface area contributed by atoms with Gasteiger partial charge in [-0.25, -0.2) is 0 Å². The van der Waals surface area contributed by atoms with E-state index in [0.717, 1.165) is 6.42 Å². The molecule has 2 rings (SSSR count). The van der Waals surface area contributed by atoms with Gasteiger partial charge >= 0.3 is 0 Å². The van der Waals surface area contributed by atoms with E-state index in [0.29, 0.717) is 18.0 Å². The molecule has 0 unspecified atom stereocenters. The van der Waals surface area contributed by atoms with Gasteiger partial charge in [0.1, 0.15) is 0 Å². The summed E-state index contributed by atoms with van der Waals surface area (Å²) in [5, 5.41) is 9.44. The minimum Gasteiger partial charge on any atom is -0.396 e. The van der Waals surface area contributed by atoms with Gasteiger partial charge in [-0.2, -0.15) is 0 Å². The van der Waals surface area contributed by atoms with Crippen molar-refractivity contribution in [3.05, 3.63) is 12.2 Å². The van der Waals surface area contributed by atoms with Crippen molar-refractivity contribution >= 4 is 0 Å². The molecule has 1 saturated heterocycles. The molecule has 92 valence electrons. The molecule has 0 radical (unpaired) electrons. The molecule has 1 N–H and O–H groups in total. The van der Waals surface area contributed by atoms with Gasteiger partial charge in [-0.1, -0.05) is 12.2 Å². The van der Waals surface area contributed by atoms with Crippen molar-refractivity contribution in [2.45, 2.75) is 24.8 Å². The van der Waals surface area contributed by atoms with Gasteiger partial charge in [-0.05, 0) is 13.5 Å². The maximum absolute atomic E-state index is 9.44. The van der Waals surface area contributed by atoms with E-state index in [2.05, 4.69) is 24.1 Å². The van der Waals surface area contributed by atoms with Gasteiger partial charge in [-0.15, -0.1) is 0 Å². The lowest BCUT2D eigenvalue weighted by Gasteiger charge is -2.38. The maximum atomic E-state index is 9.44. The zero-order valence-electron chi connectivity index (χ0n) is 10.2. The first-order chi connectivity index (χ1) is 7.72. The lowest BCUT2D eigenvalue weighted by atomic mass is 9.89. The zero-order chi connectivity index (χ0) is 11.7. The molecule has 2 bridgehead atoms. The Morgan fingerprint density at radius 2 is 2.06 bits per heavy atom. The van der Waals surface area contributed by atoms with Crippen LogP contribution in [0, 0.1) is 11.8 Å². The van der Waals surface area contributed by atoms with Crippen molar-refractivity contribution in [1.82, 2.24) is 4.90 Å². The highest BCUT2D eigenvalue weighted by atomic mass is 16.7. The average Bonchev–Trinajstić information content (AvgIpc) is 2.49. The molecule has 0 aliphatic carbocycles. The van der Waals surface area contributed by atoms with E-state index in [1.165, 1.54) is 0 Å². The van der Waals surface area contributed by atoms with Crippen LogP contribution in [-0.2, 0) is 9.47 Å². The molecule has 4 nitrogen and oxygen atoms in total. The molecule has 0 aromatic carbocycles. The van der Waals surface area contributed by atoms with Crippen molar-refractivity contribution in [1.29, 1.82) is 0 Å². The molecule has 0 amide bonds. The Balaban J connectivity index is 2.20. The van der Waals surface area contributed by atoms with Crippen molar-refractivity contribution in [3.63, 3.8) is 0 Å². The van der Waals surface area contributed by atoms with Gasteiger partial charge in [-0.3, -0.25) is 4.90 Å². The van der Waals surface area contributed by atoms with Crippen LogP contribution in [0.1, 0.15) is 6.42 Å². The fourth-order valence-electron chi connectivity index (χ4n) is 3.18. The summed E-state index contributed by atoms with van der Waals surface area (Å²) in [4.78, 5) is 2.33. The summed E-state index contributed by atoms with van der Waals surface area (Å²) in [6, 6.07) is 0.790. The van der Waals surface area contributed by atoms with Gasteiger partial charge in [0.25, 0.3) is 0 Å². The number of likely N-dealkylation sites (N-methyl/N-ethyl adjacent to an activating group) is 1. The highest BCUT2D eigenvalue weighted by Gasteiger charge is 2.46. The molecule has 0 saturated carbocycles. The van der Waals surface area contributed by atoms with Crippen molar-refractivity contribution in [2.24, 2.45) is 11.8 Å². The molecule has 16 heavy (non-hydrogen) atoms. The lowest BCUT2D eigenvalue weighted by Crippen LogP contribution is -2.47. The standard InChI is InChI=1S/C12H21NO3/c1-13-9-4-5-10(12(15-2)16-3)11(13)8(6-9)7-14/h4-5,8-12,14H,6-7H2,1-3H3/t8-,9+,10-,11+/m1/s1. The predicted octanol–water partition coefficient (Wildman–Crippen LogP) is 0.472. The number of methoxy groups -OCH3 is 2. The predicted molar refractivity (Wildman–Crippen MR) is 61.0 cm³/mol. The summed E-state index contributed by atoms with van der Waals surface area (Å²) in [6.07, 6.45) is 5.20. The number of ether oxygens (including phenoxy) is 2. The summed E-state index contributed by atoms with van der Waals surface area (Å²) in [6.45, 7) is 0.240. The lowest BCUT2D eigenvalue weighted by molar-refractivity contribution is -0.143. The zero-order valence-corrected chi connectivity index (χ0v) is 10.2. The van der Waals surface area contributed by atoms with E-state index in [1.54, 1.807) is 14.2 Å². The summed E-state index contributed by atoms with van der Waals surface area (Å²) in [5.74, 6) is 0.527. The molecular weight excluding hydrogens is 206 g/mol. The summed E-state index contributed by atoms with van der Waals surface area (Å²) < 4.78 is 10.7. The van der Waals surface area contributed by atoms with Gasteiger partial charge in [0.15, 0.2) is 6.29 Å². The highest BCUT2D eigenvalue weighted by molar-refractivity contribution is 5.14. The molecule has 4 atom stereocenters. The highest BCUT2D eigenvalue weighted by Crippen LogP contribution is 2.39. The van der Waals surface area contributed by atoms with Crippen molar-refractivity contribution in [3.8, 4) is 0 Å². The van der Waals surface area contributed by atoms with Crippen LogP contribution in [-0.4, -0.2) is 56.3 Å². The summed E-state index contributed by atoms with van der Waals surface area (Å²) in [5.41, 5.74) is 0. The van der Waals surface area contributed by atoms with Gasteiger partial charge in [0.05, 0.1) is 0 Å². The third kappa shape index (κ3) is 1.80. The number of hydrogen-bond donors (Lipinski definition) is 1. The normalized spacial score (nSPS) is 38.6. The Morgan fingerprint density at radius 3 is 2.62 bits per heavy atom. The molecule has 1 fully saturated rings. The van der Waals surface area contributed by atoms with Crippen LogP contribution in [0.4, 0.5) is 0 Å². The van der Waals surface area contributed by atoms with Crippen LogP contribution in [0.5, 0.6) is 0 Å². The Bertz CT molecular complexity index is 265. The number of aliphatic hydroxyl groups excluding tert-OH is 1. The van der Waals surface area contributed by atoms with E-state index in [-0.39, 0.29) is 18.8 Å². The van der Waals surface area contributed by atoms with Gasteiger partial charge < -0.3 is 14.6 Å². The number of fused-ring (bicyclic) bond motifs is 2. The van der Waals surface area contributed by atoms with E-state index in [9.17, 15) is 5.11 Å². The Labute approximate surface area is 96.8 Å². The van der Waals surface area contributed by atoms with Crippen LogP contribution in [0.15, 0.2) is 12.2 Å². The van der Waals surface area contributed by atoms with Crippen LogP contribution >= 0.6 is 0 Å². The molecule has 2 aliphatic heterocycles. The first kappa shape index (κ1) is 12.0. The molecule has 2 heterocycles. The summed E-state index contributed by atoms with van der Waals surface area (Å²) >= 11 is 0. The molecule has 2 aliphatic rings. The first-order valence-electron chi connectivity index (χ1n) is 5.79. The monoisotopic (exact) mass is 227 g/mol. The van der Waals surface area contributed by atoms with E-state index < -0.39 is 0 Å². The molecule has 0 aromatic rings. The van der Waals surface area contributed by atoms with Crippen LogP contribution in [0.25, 0.3) is 0 Å². The molecule has 0 spiro atoms. The maximum Gasteiger partial charge on any atom is 0.164 e. The van der Waals surface area contributed by atoms with E-state index in [1.807, 2.05) is 0 Å². The Morgan fingerprint density at radius 1 is 1.38 bits per heavy atom. The topological polar surface area (TPSA) is 41.9 Å². The van der Waals surface area contributed by atoms with Crippen molar-refractivity contribution in [2.75, 3.05) is 27.9 Å². The van der Waals surface area contributed by atoms with Crippen LogP contribution in [0.3, 0.4) is 0 Å². The minimum absolute atomic E-state index is 0.205. The molecular formula is C12H21NO3. The van der Waals surface area contributed by atoms with E-state index >= 15 is 0 Å². The van der Waals surface area contributed by atoms with Crippen LogP contribution in [0.2, 0.25) is 0 Å². The molecule has 0 aromatic heterocycles. The second kappa shape index (κ2) is 4.84. The Hall–Kier alpha value is -0.420. The SMILES string of the molecule is COC(OC)[C@@H]1C=C[C@H]2C[C@H](CO)[C@@H]1N2C.